The van der Waals surface area contributed by atoms with Crippen LogP contribution in [0, 0.1) is 0 Å². The summed E-state index contributed by atoms with van der Waals surface area (Å²) in [6.45, 7) is 3.98. The first-order valence-corrected chi connectivity index (χ1v) is 6.47. The molecule has 19 heavy (non-hydrogen) atoms. The fraction of sp³-hybridized carbons (Fsp3) is 0.462. The number of rotatable bonds is 2. The molecular weight excluding hydrogens is 242 g/mol. The van der Waals surface area contributed by atoms with Gasteiger partial charge in [0.15, 0.2) is 0 Å². The van der Waals surface area contributed by atoms with Crippen LogP contribution in [0.1, 0.15) is 25.5 Å². The Morgan fingerprint density at radius 1 is 1.21 bits per heavy atom. The molecule has 0 spiro atoms. The van der Waals surface area contributed by atoms with Gasteiger partial charge >= 0.3 is 0 Å². The third-order valence-electron chi connectivity index (χ3n) is 3.95. The third-order valence-corrected chi connectivity index (χ3v) is 3.95. The van der Waals surface area contributed by atoms with E-state index in [1.165, 1.54) is 0 Å². The van der Waals surface area contributed by atoms with Crippen molar-refractivity contribution in [2.24, 2.45) is 0 Å². The van der Waals surface area contributed by atoms with Crippen molar-refractivity contribution in [3.05, 3.63) is 40.6 Å². The molecule has 0 aromatic carbocycles. The Kier molecular flexibility index (Phi) is 2.85. The first-order valence-electron chi connectivity index (χ1n) is 6.47. The van der Waals surface area contributed by atoms with Crippen LogP contribution < -0.4 is 10.5 Å². The van der Waals surface area contributed by atoms with Crippen molar-refractivity contribution in [1.82, 2.24) is 20.2 Å². The highest BCUT2D eigenvalue weighted by atomic mass is 16.1. The van der Waals surface area contributed by atoms with Gasteiger partial charge in [-0.2, -0.15) is 0 Å². The molecule has 6 heteroatoms. The summed E-state index contributed by atoms with van der Waals surface area (Å²) in [6, 6.07) is 3.48. The van der Waals surface area contributed by atoms with Crippen molar-refractivity contribution in [3.63, 3.8) is 0 Å². The Balaban J connectivity index is 1.74. The summed E-state index contributed by atoms with van der Waals surface area (Å²) in [7, 11) is 0. The Morgan fingerprint density at radius 3 is 2.47 bits per heavy atom. The molecule has 1 fully saturated rings. The van der Waals surface area contributed by atoms with E-state index in [-0.39, 0.29) is 11.0 Å². The lowest BCUT2D eigenvalue weighted by Crippen LogP contribution is -2.42. The van der Waals surface area contributed by atoms with Crippen molar-refractivity contribution in [3.8, 4) is 0 Å². The van der Waals surface area contributed by atoms with Crippen LogP contribution in [0.3, 0.4) is 0 Å². The van der Waals surface area contributed by atoms with Gasteiger partial charge in [-0.3, -0.25) is 9.89 Å². The van der Waals surface area contributed by atoms with E-state index in [1.54, 1.807) is 18.5 Å². The summed E-state index contributed by atoms with van der Waals surface area (Å²) >= 11 is 0. The average Bonchev–Trinajstić information content (AvgIpc) is 2.88. The largest absolute Gasteiger partial charge is 0.341 e. The minimum Gasteiger partial charge on any atom is -0.341 e. The van der Waals surface area contributed by atoms with E-state index in [4.69, 9.17) is 0 Å². The van der Waals surface area contributed by atoms with Gasteiger partial charge in [0.05, 0.1) is 0 Å². The fourth-order valence-electron chi connectivity index (χ4n) is 2.58. The molecule has 2 aromatic rings. The first-order chi connectivity index (χ1) is 9.17. The molecule has 2 N–H and O–H groups in total. The average molecular weight is 259 g/mol. The highest BCUT2D eigenvalue weighted by Gasteiger charge is 2.33. The van der Waals surface area contributed by atoms with Gasteiger partial charge in [-0.15, -0.1) is 0 Å². The summed E-state index contributed by atoms with van der Waals surface area (Å²) in [4.78, 5) is 22.0. The summed E-state index contributed by atoms with van der Waals surface area (Å²) in [5.41, 5.74) is 0.945. The molecule has 0 saturated carbocycles. The zero-order chi connectivity index (χ0) is 13.3. The topological polar surface area (TPSA) is 77.7 Å². The number of aromatic amines is 2. The van der Waals surface area contributed by atoms with Crippen molar-refractivity contribution in [2.45, 2.75) is 25.2 Å². The van der Waals surface area contributed by atoms with Gasteiger partial charge in [0.2, 0.25) is 5.95 Å². The molecule has 1 aliphatic heterocycles. The van der Waals surface area contributed by atoms with Crippen LogP contribution in [0.4, 0.5) is 5.95 Å². The lowest BCUT2D eigenvalue weighted by atomic mass is 9.78. The summed E-state index contributed by atoms with van der Waals surface area (Å²) in [6.07, 6.45) is 5.47. The van der Waals surface area contributed by atoms with Gasteiger partial charge in [0.1, 0.15) is 0 Å². The fourth-order valence-corrected chi connectivity index (χ4v) is 2.58. The smallest absolute Gasteiger partial charge is 0.264 e. The van der Waals surface area contributed by atoms with E-state index >= 15 is 0 Å². The molecule has 0 radical (unpaired) electrons. The van der Waals surface area contributed by atoms with Crippen LogP contribution in [0.5, 0.6) is 0 Å². The predicted octanol–water partition coefficient (Wildman–Crippen LogP) is 1.05. The molecular formula is C13H17N5O. The second kappa shape index (κ2) is 4.53. The van der Waals surface area contributed by atoms with Crippen molar-refractivity contribution in [2.75, 3.05) is 18.0 Å². The third kappa shape index (κ3) is 2.25. The molecule has 0 atom stereocenters. The van der Waals surface area contributed by atoms with Gasteiger partial charge in [-0.05, 0) is 18.9 Å². The van der Waals surface area contributed by atoms with E-state index < -0.39 is 0 Å². The lowest BCUT2D eigenvalue weighted by molar-refractivity contribution is 0.351. The van der Waals surface area contributed by atoms with Crippen molar-refractivity contribution >= 4 is 5.95 Å². The van der Waals surface area contributed by atoms with E-state index in [1.807, 2.05) is 6.07 Å². The monoisotopic (exact) mass is 259 g/mol. The second-order valence-corrected chi connectivity index (χ2v) is 5.27. The highest BCUT2D eigenvalue weighted by Crippen LogP contribution is 2.33. The first kappa shape index (κ1) is 12.0. The van der Waals surface area contributed by atoms with Crippen LogP contribution in [-0.2, 0) is 5.41 Å². The van der Waals surface area contributed by atoms with Gasteiger partial charge in [0, 0.05) is 42.7 Å². The van der Waals surface area contributed by atoms with Crippen LogP contribution in [0.15, 0.2) is 29.3 Å². The van der Waals surface area contributed by atoms with Crippen molar-refractivity contribution in [1.29, 1.82) is 0 Å². The number of H-pyrrole nitrogens is 2. The molecule has 100 valence electrons. The van der Waals surface area contributed by atoms with Crippen LogP contribution in [-0.4, -0.2) is 33.3 Å². The van der Waals surface area contributed by atoms with Gasteiger partial charge in [0.25, 0.3) is 5.56 Å². The lowest BCUT2D eigenvalue weighted by Gasteiger charge is -2.38. The van der Waals surface area contributed by atoms with Crippen LogP contribution in [0.25, 0.3) is 0 Å². The Labute approximate surface area is 110 Å². The zero-order valence-electron chi connectivity index (χ0n) is 10.9. The molecule has 1 saturated heterocycles. The van der Waals surface area contributed by atoms with E-state index in [0.717, 1.165) is 37.6 Å². The zero-order valence-corrected chi connectivity index (χ0v) is 10.9. The van der Waals surface area contributed by atoms with Crippen LogP contribution in [0.2, 0.25) is 0 Å². The number of hydrogen-bond donors (Lipinski definition) is 2. The maximum atomic E-state index is 11.2. The second-order valence-electron chi connectivity index (χ2n) is 5.27. The summed E-state index contributed by atoms with van der Waals surface area (Å²) in [5, 5.41) is 5.60. The SMILES string of the molecule is CC1(c2cc(=O)[nH][nH]2)CCN(c2ncccn2)CC1. The molecule has 3 heterocycles. The maximum Gasteiger partial charge on any atom is 0.264 e. The number of nitrogens with zero attached hydrogens (tertiary/aromatic N) is 3. The molecule has 0 unspecified atom stereocenters. The number of aromatic nitrogens is 4. The number of piperidine rings is 1. The van der Waals surface area contributed by atoms with E-state index in [9.17, 15) is 4.79 Å². The number of nitrogens with one attached hydrogen (secondary N) is 2. The molecule has 2 aromatic heterocycles. The van der Waals surface area contributed by atoms with Gasteiger partial charge in [-0.25, -0.2) is 9.97 Å². The molecule has 3 rings (SSSR count). The molecule has 1 aliphatic rings. The minimum absolute atomic E-state index is 0.0183. The summed E-state index contributed by atoms with van der Waals surface area (Å²) in [5.74, 6) is 0.784. The normalized spacial score (nSPS) is 18.5. The molecule has 6 nitrogen and oxygen atoms in total. The Bertz CT molecular complexity index is 595. The molecule has 0 bridgehead atoms. The minimum atomic E-state index is -0.0648. The van der Waals surface area contributed by atoms with Crippen molar-refractivity contribution < 1.29 is 0 Å². The quantitative estimate of drug-likeness (QED) is 0.845. The van der Waals surface area contributed by atoms with Crippen LogP contribution >= 0.6 is 0 Å². The van der Waals surface area contributed by atoms with E-state index in [0.29, 0.717) is 0 Å². The van der Waals surface area contributed by atoms with E-state index in [2.05, 4.69) is 32.0 Å². The Morgan fingerprint density at radius 2 is 1.89 bits per heavy atom. The molecule has 0 amide bonds. The highest BCUT2D eigenvalue weighted by molar-refractivity contribution is 5.31. The predicted molar refractivity (Wildman–Crippen MR) is 72.2 cm³/mol. The summed E-state index contributed by atoms with van der Waals surface area (Å²) < 4.78 is 0. The number of anilines is 1. The maximum absolute atomic E-state index is 11.2. The van der Waals surface area contributed by atoms with Gasteiger partial charge < -0.3 is 10.00 Å². The molecule has 0 aliphatic carbocycles. The van der Waals surface area contributed by atoms with Gasteiger partial charge in [-0.1, -0.05) is 6.92 Å². The number of hydrogen-bond acceptors (Lipinski definition) is 4. The Hall–Kier alpha value is -2.11. The standard InChI is InChI=1S/C13H17N5O/c1-13(10-9-11(19)17-16-10)3-7-18(8-4-13)12-14-5-2-6-15-12/h2,5-6,9H,3-4,7-8H2,1H3,(H2,16,17,19).